The highest BCUT2D eigenvalue weighted by molar-refractivity contribution is 7.18. The van der Waals surface area contributed by atoms with Crippen LogP contribution in [0.15, 0.2) is 4.79 Å². The molecule has 4 heterocycles. The number of thiophene rings is 1. The minimum Gasteiger partial charge on any atom is -0.341 e. The van der Waals surface area contributed by atoms with Gasteiger partial charge in [-0.2, -0.15) is 0 Å². The summed E-state index contributed by atoms with van der Waals surface area (Å²) in [6.07, 6.45) is 10.1. The molecule has 1 aliphatic carbocycles. The highest BCUT2D eigenvalue weighted by Gasteiger charge is 2.29. The molecule has 0 radical (unpaired) electrons. The molecule has 1 unspecified atom stereocenters. The molecule has 2 aromatic heterocycles. The summed E-state index contributed by atoms with van der Waals surface area (Å²) in [7, 11) is 0. The number of halogens is 1. The Labute approximate surface area is 187 Å². The zero-order valence-corrected chi connectivity index (χ0v) is 19.1. The van der Waals surface area contributed by atoms with Gasteiger partial charge in [0.15, 0.2) is 0 Å². The van der Waals surface area contributed by atoms with Crippen molar-refractivity contribution in [3.63, 3.8) is 0 Å². The summed E-state index contributed by atoms with van der Waals surface area (Å²) in [6.45, 7) is 4.11. The number of aromatic amines is 1. The Bertz CT molecular complexity index is 966. The molecule has 5 rings (SSSR count). The van der Waals surface area contributed by atoms with E-state index in [1.54, 1.807) is 11.3 Å². The van der Waals surface area contributed by atoms with Crippen molar-refractivity contribution >= 4 is 39.9 Å². The van der Waals surface area contributed by atoms with Gasteiger partial charge in [-0.25, -0.2) is 4.98 Å². The molecule has 0 spiro atoms. The van der Waals surface area contributed by atoms with E-state index in [0.29, 0.717) is 13.1 Å². The number of aryl methyl sites for hydroxylation is 2. The maximum Gasteiger partial charge on any atom is 0.259 e. The van der Waals surface area contributed by atoms with Gasteiger partial charge in [0.05, 0.1) is 11.9 Å². The van der Waals surface area contributed by atoms with Crippen molar-refractivity contribution in [2.45, 2.75) is 63.7 Å². The van der Waals surface area contributed by atoms with Gasteiger partial charge < -0.3 is 9.88 Å². The van der Waals surface area contributed by atoms with Crippen LogP contribution in [-0.4, -0.2) is 58.4 Å². The number of rotatable bonds is 3. The van der Waals surface area contributed by atoms with E-state index in [2.05, 4.69) is 9.88 Å². The number of hydrogen-bond acceptors (Lipinski definition) is 5. The van der Waals surface area contributed by atoms with Gasteiger partial charge in [-0.15, -0.1) is 23.7 Å². The average Bonchev–Trinajstić information content (AvgIpc) is 3.13. The summed E-state index contributed by atoms with van der Waals surface area (Å²) in [5, 5.41) is 0.822. The molecule has 8 heteroatoms. The van der Waals surface area contributed by atoms with E-state index in [1.807, 2.05) is 4.90 Å². The quantitative estimate of drug-likeness (QED) is 0.777. The van der Waals surface area contributed by atoms with Gasteiger partial charge in [0.1, 0.15) is 10.7 Å². The fourth-order valence-corrected chi connectivity index (χ4v) is 6.48. The summed E-state index contributed by atoms with van der Waals surface area (Å²) in [4.78, 5) is 40.2. The van der Waals surface area contributed by atoms with Crippen LogP contribution in [0.2, 0.25) is 0 Å². The third kappa shape index (κ3) is 4.30. The molecular formula is C22H31ClN4O2S. The van der Waals surface area contributed by atoms with Crippen molar-refractivity contribution in [3.05, 3.63) is 26.6 Å². The molecule has 0 saturated carbocycles. The Morgan fingerprint density at radius 1 is 1.07 bits per heavy atom. The molecular weight excluding hydrogens is 420 g/mol. The smallest absolute Gasteiger partial charge is 0.259 e. The van der Waals surface area contributed by atoms with Crippen LogP contribution in [0.5, 0.6) is 0 Å². The van der Waals surface area contributed by atoms with Crippen LogP contribution in [0.1, 0.15) is 67.1 Å². The molecule has 3 aliphatic rings. The number of piperidine rings is 2. The van der Waals surface area contributed by atoms with E-state index >= 15 is 0 Å². The third-order valence-electron chi connectivity index (χ3n) is 6.81. The first-order chi connectivity index (χ1) is 14.2. The number of hydrogen-bond donors (Lipinski definition) is 1. The van der Waals surface area contributed by atoms with E-state index in [1.165, 1.54) is 36.1 Å². The van der Waals surface area contributed by atoms with E-state index in [0.717, 1.165) is 67.8 Å². The van der Waals surface area contributed by atoms with Crippen molar-refractivity contribution in [1.82, 2.24) is 19.8 Å². The number of amides is 1. The number of carbonyl (C=O) groups excluding carboxylic acids is 1. The van der Waals surface area contributed by atoms with Gasteiger partial charge in [-0.05, 0) is 70.0 Å². The number of fused-ring (bicyclic) bond motifs is 3. The molecule has 1 amide bonds. The number of aromatic nitrogens is 2. The number of H-pyrrole nitrogens is 1. The Morgan fingerprint density at radius 3 is 2.70 bits per heavy atom. The SMILES string of the molecule is Cl.O=C(CN1CCCCC1)N1CCCC(c2nc3sc4c(c3c(=O)[nH]2)CCCC4)C1. The van der Waals surface area contributed by atoms with Gasteiger partial charge in [0, 0.05) is 23.9 Å². The topological polar surface area (TPSA) is 69.3 Å². The van der Waals surface area contributed by atoms with Crippen LogP contribution < -0.4 is 5.56 Å². The van der Waals surface area contributed by atoms with Crippen molar-refractivity contribution in [2.24, 2.45) is 0 Å². The van der Waals surface area contributed by atoms with Crippen LogP contribution in [0, 0.1) is 0 Å². The van der Waals surface area contributed by atoms with Crippen molar-refractivity contribution in [1.29, 1.82) is 0 Å². The Kier molecular flexibility index (Phi) is 6.80. The first-order valence-electron chi connectivity index (χ1n) is 11.2. The molecule has 2 fully saturated rings. The Hall–Kier alpha value is -1.44. The summed E-state index contributed by atoms with van der Waals surface area (Å²) in [5.74, 6) is 1.13. The molecule has 2 aliphatic heterocycles. The molecule has 1 atom stereocenters. The van der Waals surface area contributed by atoms with E-state index < -0.39 is 0 Å². The zero-order chi connectivity index (χ0) is 19.8. The Morgan fingerprint density at radius 2 is 1.87 bits per heavy atom. The summed E-state index contributed by atoms with van der Waals surface area (Å²) >= 11 is 1.70. The maximum absolute atomic E-state index is 12.9. The number of carbonyl (C=O) groups is 1. The second kappa shape index (κ2) is 9.37. The standard InChI is InChI=1S/C22H30N4O2S.ClH/c27-18(14-25-10-4-1-5-11-25)26-12-6-7-15(13-26)20-23-21(28)19-16-8-2-3-9-17(16)29-22(19)24-20;/h15H,1-14H2,(H,23,24,28);1H. The summed E-state index contributed by atoms with van der Waals surface area (Å²) in [6, 6.07) is 0. The fraction of sp³-hybridized carbons (Fsp3) is 0.682. The van der Waals surface area contributed by atoms with E-state index in [4.69, 9.17) is 4.98 Å². The normalized spacial score (nSPS) is 22.5. The lowest BCUT2D eigenvalue weighted by molar-refractivity contribution is -0.133. The van der Waals surface area contributed by atoms with Gasteiger partial charge in [-0.3, -0.25) is 14.5 Å². The van der Waals surface area contributed by atoms with Gasteiger partial charge in [0.2, 0.25) is 5.91 Å². The zero-order valence-electron chi connectivity index (χ0n) is 17.5. The predicted octanol–water partition coefficient (Wildman–Crippen LogP) is 3.48. The van der Waals surface area contributed by atoms with Crippen LogP contribution in [0.25, 0.3) is 10.2 Å². The molecule has 2 aromatic rings. The van der Waals surface area contributed by atoms with Gasteiger partial charge in [0.25, 0.3) is 5.56 Å². The second-order valence-corrected chi connectivity index (χ2v) is 9.94. The highest BCUT2D eigenvalue weighted by Crippen LogP contribution is 2.34. The summed E-state index contributed by atoms with van der Waals surface area (Å²) in [5.41, 5.74) is 1.25. The minimum absolute atomic E-state index is 0. The number of nitrogens with one attached hydrogen (secondary N) is 1. The van der Waals surface area contributed by atoms with Crippen LogP contribution in [-0.2, 0) is 17.6 Å². The molecule has 2 saturated heterocycles. The van der Waals surface area contributed by atoms with E-state index in [9.17, 15) is 9.59 Å². The maximum atomic E-state index is 12.9. The molecule has 6 nitrogen and oxygen atoms in total. The molecule has 30 heavy (non-hydrogen) atoms. The third-order valence-corrected chi connectivity index (χ3v) is 8.00. The monoisotopic (exact) mass is 450 g/mol. The first kappa shape index (κ1) is 21.8. The number of likely N-dealkylation sites (tertiary alicyclic amines) is 2. The molecule has 1 N–H and O–H groups in total. The van der Waals surface area contributed by atoms with Crippen molar-refractivity contribution in [2.75, 3.05) is 32.7 Å². The summed E-state index contributed by atoms with van der Waals surface area (Å²) < 4.78 is 0. The number of nitrogens with zero attached hydrogens (tertiary/aromatic N) is 3. The van der Waals surface area contributed by atoms with Crippen LogP contribution in [0.4, 0.5) is 0 Å². The lowest BCUT2D eigenvalue weighted by Gasteiger charge is -2.34. The van der Waals surface area contributed by atoms with Gasteiger partial charge in [-0.1, -0.05) is 6.42 Å². The fourth-order valence-electron chi connectivity index (χ4n) is 5.21. The first-order valence-corrected chi connectivity index (χ1v) is 12.1. The molecule has 0 aromatic carbocycles. The predicted molar refractivity (Wildman–Crippen MR) is 123 cm³/mol. The lowest BCUT2D eigenvalue weighted by atomic mass is 9.96. The van der Waals surface area contributed by atoms with Crippen molar-refractivity contribution < 1.29 is 4.79 Å². The van der Waals surface area contributed by atoms with Crippen molar-refractivity contribution in [3.8, 4) is 0 Å². The van der Waals surface area contributed by atoms with Crippen LogP contribution >= 0.6 is 23.7 Å². The second-order valence-electron chi connectivity index (χ2n) is 8.86. The average molecular weight is 451 g/mol. The van der Waals surface area contributed by atoms with Gasteiger partial charge >= 0.3 is 0 Å². The largest absolute Gasteiger partial charge is 0.341 e. The lowest BCUT2D eigenvalue weighted by Crippen LogP contribution is -2.46. The minimum atomic E-state index is 0. The Balaban J connectivity index is 0.00000218. The van der Waals surface area contributed by atoms with E-state index in [-0.39, 0.29) is 29.8 Å². The molecule has 164 valence electrons. The highest BCUT2D eigenvalue weighted by atomic mass is 35.5. The molecule has 0 bridgehead atoms. The van der Waals surface area contributed by atoms with Crippen LogP contribution in [0.3, 0.4) is 0 Å².